The van der Waals surface area contributed by atoms with Gasteiger partial charge in [-0.15, -0.1) is 0 Å². The summed E-state index contributed by atoms with van der Waals surface area (Å²) in [5.41, 5.74) is 7.10. The van der Waals surface area contributed by atoms with Gasteiger partial charge in [0.2, 0.25) is 5.91 Å². The van der Waals surface area contributed by atoms with Crippen molar-refractivity contribution in [3.63, 3.8) is 0 Å². The first-order chi connectivity index (χ1) is 12.7. The maximum atomic E-state index is 12.2. The number of ether oxygens (including phenoxy) is 1. The minimum Gasteiger partial charge on any atom is -0.379 e. The maximum Gasteiger partial charge on any atom is 0.234 e. The third-order valence-corrected chi connectivity index (χ3v) is 5.37. The number of halogens is 1. The number of nitrogens with one attached hydrogen (secondary N) is 4. The number of rotatable bonds is 4. The van der Waals surface area contributed by atoms with E-state index in [0.29, 0.717) is 32.3 Å². The lowest BCUT2D eigenvalue weighted by molar-refractivity contribution is -0.124. The van der Waals surface area contributed by atoms with Gasteiger partial charge in [0.25, 0.3) is 0 Å². The van der Waals surface area contributed by atoms with Crippen molar-refractivity contribution in [1.82, 2.24) is 26.4 Å². The standard InChI is InChI=1S/C17H23ClN6O2/c18-13-4-2-1-3-11(13)14(24-5-7-26-8-6-24)10-19-17-21-15-12(9-20-23-15)16(25)22-17/h1-4,12,14-15,20,23H,5-10H2,(H2,19,21,22,25). The average Bonchev–Trinajstić information content (AvgIpc) is 3.13. The van der Waals surface area contributed by atoms with Gasteiger partial charge >= 0.3 is 0 Å². The summed E-state index contributed by atoms with van der Waals surface area (Å²) in [5.74, 6) is 0.344. The molecule has 3 saturated heterocycles. The van der Waals surface area contributed by atoms with Crippen LogP contribution in [0.15, 0.2) is 29.3 Å². The Morgan fingerprint density at radius 2 is 2.12 bits per heavy atom. The van der Waals surface area contributed by atoms with Gasteiger partial charge in [0.05, 0.1) is 31.7 Å². The van der Waals surface area contributed by atoms with Gasteiger partial charge < -0.3 is 10.1 Å². The number of hydrogen-bond acceptors (Lipinski definition) is 6. The number of benzene rings is 1. The molecule has 26 heavy (non-hydrogen) atoms. The van der Waals surface area contributed by atoms with E-state index in [0.717, 1.165) is 23.7 Å². The van der Waals surface area contributed by atoms with Crippen LogP contribution in [0.4, 0.5) is 0 Å². The van der Waals surface area contributed by atoms with Crippen LogP contribution in [0.2, 0.25) is 5.02 Å². The minimum absolute atomic E-state index is 0.0225. The molecule has 3 aliphatic heterocycles. The van der Waals surface area contributed by atoms with Gasteiger partial charge in [0.1, 0.15) is 6.17 Å². The number of aliphatic imine (C=N–C) groups is 1. The van der Waals surface area contributed by atoms with Crippen LogP contribution in [0.3, 0.4) is 0 Å². The molecule has 0 aliphatic carbocycles. The number of amides is 1. The number of carbonyl (C=O) groups is 1. The number of carbonyl (C=O) groups excluding carboxylic acids is 1. The van der Waals surface area contributed by atoms with Gasteiger partial charge in [-0.3, -0.25) is 25.4 Å². The van der Waals surface area contributed by atoms with Gasteiger partial charge in [0, 0.05) is 24.7 Å². The van der Waals surface area contributed by atoms with Crippen LogP contribution in [0.5, 0.6) is 0 Å². The van der Waals surface area contributed by atoms with Crippen LogP contribution in [0.25, 0.3) is 0 Å². The third kappa shape index (κ3) is 3.70. The molecule has 0 spiro atoms. The normalized spacial score (nSPS) is 29.1. The molecule has 4 rings (SSSR count). The van der Waals surface area contributed by atoms with Crippen molar-refractivity contribution in [2.45, 2.75) is 12.2 Å². The molecule has 3 atom stereocenters. The van der Waals surface area contributed by atoms with Crippen LogP contribution in [-0.4, -0.2) is 62.3 Å². The molecule has 0 bridgehead atoms. The first-order valence-corrected chi connectivity index (χ1v) is 9.26. The van der Waals surface area contributed by atoms with Crippen LogP contribution < -0.4 is 21.5 Å². The van der Waals surface area contributed by atoms with Crippen molar-refractivity contribution in [1.29, 1.82) is 0 Å². The van der Waals surface area contributed by atoms with Gasteiger partial charge in [-0.05, 0) is 11.6 Å². The Kier molecular flexibility index (Phi) is 5.37. The maximum absolute atomic E-state index is 12.2. The molecule has 4 N–H and O–H groups in total. The SMILES string of the molecule is O=C1NC(=NCC(c2ccccc2Cl)N2CCOCC2)NC2NNCC12. The fourth-order valence-electron chi connectivity index (χ4n) is 3.58. The first-order valence-electron chi connectivity index (χ1n) is 8.89. The summed E-state index contributed by atoms with van der Waals surface area (Å²) in [4.78, 5) is 19.2. The van der Waals surface area contributed by atoms with E-state index in [1.165, 1.54) is 0 Å². The summed E-state index contributed by atoms with van der Waals surface area (Å²) < 4.78 is 5.48. The highest BCUT2D eigenvalue weighted by Crippen LogP contribution is 2.28. The van der Waals surface area contributed by atoms with E-state index in [1.807, 2.05) is 24.3 Å². The third-order valence-electron chi connectivity index (χ3n) is 5.03. The summed E-state index contributed by atoms with van der Waals surface area (Å²) in [5, 5.41) is 6.82. The molecule has 1 amide bonds. The summed E-state index contributed by atoms with van der Waals surface area (Å²) in [6.07, 6.45) is -0.135. The van der Waals surface area contributed by atoms with Crippen LogP contribution in [0.1, 0.15) is 11.6 Å². The van der Waals surface area contributed by atoms with Crippen molar-refractivity contribution >= 4 is 23.5 Å². The Labute approximate surface area is 157 Å². The highest BCUT2D eigenvalue weighted by Gasteiger charge is 2.38. The molecule has 1 aromatic rings. The molecule has 140 valence electrons. The van der Waals surface area contributed by atoms with E-state index in [1.54, 1.807) is 0 Å². The van der Waals surface area contributed by atoms with Crippen molar-refractivity contribution in [3.8, 4) is 0 Å². The second kappa shape index (κ2) is 7.89. The Bertz CT molecular complexity index is 694. The molecule has 0 aromatic heterocycles. The summed E-state index contributed by atoms with van der Waals surface area (Å²) in [7, 11) is 0. The van der Waals surface area contributed by atoms with Crippen molar-refractivity contribution in [2.24, 2.45) is 10.9 Å². The zero-order chi connectivity index (χ0) is 17.9. The summed E-state index contributed by atoms with van der Waals surface area (Å²) in [6.45, 7) is 4.16. The van der Waals surface area contributed by atoms with Gasteiger partial charge in [-0.1, -0.05) is 29.8 Å². The molecule has 8 nitrogen and oxygen atoms in total. The molecule has 9 heteroatoms. The molecule has 0 saturated carbocycles. The van der Waals surface area contributed by atoms with Crippen molar-refractivity contribution in [3.05, 3.63) is 34.9 Å². The molecular formula is C17H23ClN6O2. The number of nitrogens with zero attached hydrogens (tertiary/aromatic N) is 2. The smallest absolute Gasteiger partial charge is 0.234 e. The van der Waals surface area contributed by atoms with Gasteiger partial charge in [-0.2, -0.15) is 0 Å². The van der Waals surface area contributed by atoms with Crippen LogP contribution in [-0.2, 0) is 9.53 Å². The van der Waals surface area contributed by atoms with Crippen LogP contribution in [0, 0.1) is 5.92 Å². The Morgan fingerprint density at radius 3 is 2.92 bits per heavy atom. The fraction of sp³-hybridized carbons (Fsp3) is 0.529. The zero-order valence-electron chi connectivity index (χ0n) is 14.4. The van der Waals surface area contributed by atoms with E-state index in [-0.39, 0.29) is 24.0 Å². The topological polar surface area (TPSA) is 90.0 Å². The number of hydrogen-bond donors (Lipinski definition) is 4. The summed E-state index contributed by atoms with van der Waals surface area (Å²) >= 11 is 6.45. The average molecular weight is 379 g/mol. The van der Waals surface area contributed by atoms with Crippen molar-refractivity contribution in [2.75, 3.05) is 39.4 Å². The Hall–Kier alpha value is -1.71. The Balaban J connectivity index is 1.53. The van der Waals surface area contributed by atoms with E-state index >= 15 is 0 Å². The van der Waals surface area contributed by atoms with E-state index in [4.69, 9.17) is 16.3 Å². The molecule has 3 aliphatic rings. The number of morpholine rings is 1. The molecule has 1 aromatic carbocycles. The molecular weight excluding hydrogens is 356 g/mol. The summed E-state index contributed by atoms with van der Waals surface area (Å²) in [6, 6.07) is 7.88. The molecule has 0 radical (unpaired) electrons. The van der Waals surface area contributed by atoms with E-state index in [9.17, 15) is 4.79 Å². The highest BCUT2D eigenvalue weighted by molar-refractivity contribution is 6.31. The zero-order valence-corrected chi connectivity index (χ0v) is 15.1. The molecule has 3 fully saturated rings. The monoisotopic (exact) mass is 378 g/mol. The number of hydrazine groups is 1. The lowest BCUT2D eigenvalue weighted by Gasteiger charge is -2.35. The number of guanidine groups is 1. The van der Waals surface area contributed by atoms with Crippen LogP contribution >= 0.6 is 11.6 Å². The predicted octanol–water partition coefficient (Wildman–Crippen LogP) is -0.161. The molecule has 3 heterocycles. The predicted molar refractivity (Wildman–Crippen MR) is 98.6 cm³/mol. The second-order valence-corrected chi connectivity index (χ2v) is 7.03. The quantitative estimate of drug-likeness (QED) is 0.582. The lowest BCUT2D eigenvalue weighted by atomic mass is 10.0. The largest absolute Gasteiger partial charge is 0.379 e. The molecule has 3 unspecified atom stereocenters. The number of fused-ring (bicyclic) bond motifs is 1. The van der Waals surface area contributed by atoms with Crippen molar-refractivity contribution < 1.29 is 9.53 Å². The van der Waals surface area contributed by atoms with Gasteiger partial charge in [0.15, 0.2) is 5.96 Å². The van der Waals surface area contributed by atoms with Gasteiger partial charge in [-0.25, -0.2) is 5.43 Å². The first kappa shape index (κ1) is 17.7. The van der Waals surface area contributed by atoms with E-state index in [2.05, 4.69) is 31.4 Å². The fourth-order valence-corrected chi connectivity index (χ4v) is 3.84. The van der Waals surface area contributed by atoms with E-state index < -0.39 is 0 Å². The highest BCUT2D eigenvalue weighted by atomic mass is 35.5. The second-order valence-electron chi connectivity index (χ2n) is 6.62. The minimum atomic E-state index is -0.135. The Morgan fingerprint density at radius 1 is 1.31 bits per heavy atom. The lowest BCUT2D eigenvalue weighted by Crippen LogP contribution is -2.61.